The molecule has 0 saturated carbocycles. The Hall–Kier alpha value is -3.80. The number of carbonyl (C=O) groups is 1. The van der Waals surface area contributed by atoms with Crippen molar-refractivity contribution in [2.75, 3.05) is 19.5 Å². The minimum atomic E-state index is -4.33. The number of para-hydroxylation sites is 1. The van der Waals surface area contributed by atoms with Gasteiger partial charge in [0.1, 0.15) is 35.0 Å². The molecular formula is C28H38N7O8P. The highest BCUT2D eigenvalue weighted by Gasteiger charge is 2.56. The van der Waals surface area contributed by atoms with Gasteiger partial charge in [0.15, 0.2) is 17.4 Å². The van der Waals surface area contributed by atoms with E-state index in [1.807, 2.05) is 0 Å². The number of esters is 1. The summed E-state index contributed by atoms with van der Waals surface area (Å²) in [6.45, 7) is 9.69. The zero-order valence-electron chi connectivity index (χ0n) is 25.6. The molecule has 44 heavy (non-hydrogen) atoms. The number of hydrogen-bond donors (Lipinski definition) is 3. The van der Waals surface area contributed by atoms with Crippen LogP contribution in [0.2, 0.25) is 0 Å². The molecule has 6 atom stereocenters. The number of aliphatic hydroxyl groups is 1. The van der Waals surface area contributed by atoms with Gasteiger partial charge in [-0.1, -0.05) is 32.0 Å². The van der Waals surface area contributed by atoms with E-state index < -0.39 is 55.8 Å². The fourth-order valence-electron chi connectivity index (χ4n) is 4.63. The molecule has 0 spiro atoms. The predicted octanol–water partition coefficient (Wildman–Crippen LogP) is 3.36. The average Bonchev–Trinajstić information content (AvgIpc) is 3.48. The number of ether oxygens (including phenoxy) is 3. The van der Waals surface area contributed by atoms with Gasteiger partial charge in [0.25, 0.3) is 0 Å². The lowest BCUT2D eigenvalue weighted by Gasteiger charge is -2.30. The number of nitriles is 1. The molecule has 1 saturated heterocycles. The highest BCUT2D eigenvalue weighted by Crippen LogP contribution is 2.50. The Labute approximate surface area is 255 Å². The van der Waals surface area contributed by atoms with Gasteiger partial charge in [-0.15, -0.1) is 0 Å². The summed E-state index contributed by atoms with van der Waals surface area (Å²) in [5, 5.41) is 24.2. The molecule has 2 aromatic heterocycles. The number of hydrogen-bond acceptors (Lipinski definition) is 13. The monoisotopic (exact) mass is 631 g/mol. The normalized spacial score (nSPS) is 24.0. The maximum Gasteiger partial charge on any atom is 0.459 e. The number of benzene rings is 1. The molecule has 1 aliphatic heterocycles. The second-order valence-corrected chi connectivity index (χ2v) is 13.6. The molecule has 16 heteroatoms. The second-order valence-electron chi connectivity index (χ2n) is 11.9. The summed E-state index contributed by atoms with van der Waals surface area (Å²) in [6.07, 6.45) is -2.34. The molecule has 238 valence electrons. The fraction of sp³-hybridized carbons (Fsp3) is 0.536. The van der Waals surface area contributed by atoms with Gasteiger partial charge in [-0.3, -0.25) is 13.9 Å². The SMILES string of the molecule is COc1nc(N)nc2c1ncn2[C@@H]1O[C@H](COP(=O)(N[C@H](C(=O)OC(C)(C)C)C(C)C)Oc2ccccc2)[C@@H](O)[C@@]1(C)C#N. The molecule has 0 amide bonds. The third-order valence-electron chi connectivity index (χ3n) is 6.88. The Morgan fingerprint density at radius 1 is 1.30 bits per heavy atom. The van der Waals surface area contributed by atoms with Gasteiger partial charge in [-0.25, -0.2) is 9.55 Å². The number of nitrogen functional groups attached to an aromatic ring is 1. The van der Waals surface area contributed by atoms with Crippen molar-refractivity contribution in [1.82, 2.24) is 24.6 Å². The van der Waals surface area contributed by atoms with E-state index in [0.29, 0.717) is 0 Å². The van der Waals surface area contributed by atoms with Gasteiger partial charge in [-0.05, 0) is 45.7 Å². The number of carbonyl (C=O) groups excluding carboxylic acids is 1. The van der Waals surface area contributed by atoms with Crippen LogP contribution in [0.15, 0.2) is 36.7 Å². The van der Waals surface area contributed by atoms with E-state index in [9.17, 15) is 19.7 Å². The average molecular weight is 632 g/mol. The standard InChI is InChI=1S/C28H38N7O8P/c1-16(2)19(24(37)42-27(3,4)5)34-44(38,43-17-11-9-8-10-12-17)40-13-18-21(36)28(6,14-29)25(41-18)35-15-31-20-22(35)32-26(30)33-23(20)39-7/h8-12,15-16,18-19,21,25,36H,13H2,1-7H3,(H,34,38)(H2,30,32,33)/t18-,19+,21-,25-,28-,44?/m1/s1. The van der Waals surface area contributed by atoms with Crippen molar-refractivity contribution in [2.24, 2.45) is 11.3 Å². The number of aliphatic hydroxyl groups excluding tert-OH is 1. The predicted molar refractivity (Wildman–Crippen MR) is 158 cm³/mol. The van der Waals surface area contributed by atoms with Gasteiger partial charge in [-0.2, -0.15) is 20.3 Å². The summed E-state index contributed by atoms with van der Waals surface area (Å²) in [7, 11) is -2.93. The number of nitrogens with two attached hydrogens (primary N) is 1. The number of aromatic nitrogens is 4. The number of nitrogens with zero attached hydrogens (tertiary/aromatic N) is 5. The van der Waals surface area contributed by atoms with Crippen LogP contribution in [-0.2, 0) is 23.4 Å². The molecule has 4 N–H and O–H groups in total. The van der Waals surface area contributed by atoms with E-state index in [0.717, 1.165) is 0 Å². The van der Waals surface area contributed by atoms with Crippen molar-refractivity contribution >= 4 is 30.8 Å². The number of methoxy groups -OCH3 is 1. The highest BCUT2D eigenvalue weighted by molar-refractivity contribution is 7.52. The maximum atomic E-state index is 14.2. The molecule has 1 aliphatic rings. The van der Waals surface area contributed by atoms with Gasteiger partial charge >= 0.3 is 13.7 Å². The molecule has 0 aliphatic carbocycles. The summed E-state index contributed by atoms with van der Waals surface area (Å²) in [5.41, 5.74) is 4.00. The van der Waals surface area contributed by atoms with Gasteiger partial charge in [0.2, 0.25) is 11.8 Å². The Bertz CT molecular complexity index is 1570. The summed E-state index contributed by atoms with van der Waals surface area (Å²) < 4.78 is 44.2. The molecular weight excluding hydrogens is 593 g/mol. The fourth-order valence-corrected chi connectivity index (χ4v) is 6.30. The summed E-state index contributed by atoms with van der Waals surface area (Å²) in [5.74, 6) is -0.785. The van der Waals surface area contributed by atoms with Crippen molar-refractivity contribution in [1.29, 1.82) is 5.26 Å². The van der Waals surface area contributed by atoms with Crippen molar-refractivity contribution in [2.45, 2.75) is 71.6 Å². The minimum Gasteiger partial charge on any atom is -0.479 e. The van der Waals surface area contributed by atoms with Gasteiger partial charge < -0.3 is 29.6 Å². The van der Waals surface area contributed by atoms with E-state index >= 15 is 0 Å². The first-order valence-electron chi connectivity index (χ1n) is 13.9. The first kappa shape index (κ1) is 33.1. The Kier molecular flexibility index (Phi) is 9.53. The Morgan fingerprint density at radius 3 is 2.57 bits per heavy atom. The number of rotatable bonds is 11. The summed E-state index contributed by atoms with van der Waals surface area (Å²) >= 11 is 0. The Balaban J connectivity index is 1.63. The summed E-state index contributed by atoms with van der Waals surface area (Å²) in [4.78, 5) is 25.6. The molecule has 3 heterocycles. The number of nitrogens with one attached hydrogen (secondary N) is 1. The van der Waals surface area contributed by atoms with E-state index in [4.69, 9.17) is 29.0 Å². The lowest BCUT2D eigenvalue weighted by Crippen LogP contribution is -2.44. The van der Waals surface area contributed by atoms with Gasteiger partial charge in [0, 0.05) is 0 Å². The van der Waals surface area contributed by atoms with Crippen LogP contribution >= 0.6 is 7.75 Å². The zero-order valence-corrected chi connectivity index (χ0v) is 26.5. The van der Waals surface area contributed by atoms with Crippen LogP contribution in [0.25, 0.3) is 11.2 Å². The van der Waals surface area contributed by atoms with E-state index in [-0.39, 0.29) is 34.7 Å². The van der Waals surface area contributed by atoms with Crippen LogP contribution in [0.1, 0.15) is 47.8 Å². The van der Waals surface area contributed by atoms with Crippen molar-refractivity contribution in [3.63, 3.8) is 0 Å². The van der Waals surface area contributed by atoms with Crippen molar-refractivity contribution in [3.05, 3.63) is 36.7 Å². The second kappa shape index (κ2) is 12.7. The maximum absolute atomic E-state index is 14.2. The van der Waals surface area contributed by atoms with Crippen LogP contribution in [0, 0.1) is 22.7 Å². The Morgan fingerprint density at radius 2 is 1.98 bits per heavy atom. The molecule has 1 unspecified atom stereocenters. The summed E-state index contributed by atoms with van der Waals surface area (Å²) in [6, 6.07) is 9.31. The largest absolute Gasteiger partial charge is 0.479 e. The van der Waals surface area contributed by atoms with E-state index in [1.54, 1.807) is 65.0 Å². The topological polar surface area (TPSA) is 206 Å². The first-order chi connectivity index (χ1) is 20.6. The van der Waals surface area contributed by atoms with Crippen LogP contribution in [0.4, 0.5) is 5.95 Å². The molecule has 1 aromatic carbocycles. The van der Waals surface area contributed by atoms with Gasteiger partial charge in [0.05, 0.1) is 26.1 Å². The lowest BCUT2D eigenvalue weighted by atomic mass is 9.84. The minimum absolute atomic E-state index is 0.0945. The van der Waals surface area contributed by atoms with Crippen LogP contribution in [0.3, 0.4) is 0 Å². The molecule has 0 radical (unpaired) electrons. The lowest BCUT2D eigenvalue weighted by molar-refractivity contribution is -0.158. The zero-order chi connectivity index (χ0) is 32.4. The molecule has 15 nitrogen and oxygen atoms in total. The third kappa shape index (κ3) is 6.95. The molecule has 3 aromatic rings. The van der Waals surface area contributed by atoms with Crippen molar-refractivity contribution in [3.8, 4) is 17.7 Å². The third-order valence-corrected chi connectivity index (χ3v) is 8.41. The smallest absolute Gasteiger partial charge is 0.459 e. The van der Waals surface area contributed by atoms with E-state index in [1.165, 1.54) is 24.9 Å². The highest BCUT2D eigenvalue weighted by atomic mass is 31.2. The quantitative estimate of drug-likeness (QED) is 0.205. The number of imidazole rings is 1. The molecule has 0 bridgehead atoms. The van der Waals surface area contributed by atoms with Crippen LogP contribution < -0.4 is 20.1 Å². The molecule has 1 fully saturated rings. The first-order valence-corrected chi connectivity index (χ1v) is 15.4. The van der Waals surface area contributed by atoms with Crippen LogP contribution in [0.5, 0.6) is 11.6 Å². The van der Waals surface area contributed by atoms with Crippen LogP contribution in [-0.4, -0.2) is 68.2 Å². The van der Waals surface area contributed by atoms with Crippen molar-refractivity contribution < 1.29 is 37.7 Å². The van der Waals surface area contributed by atoms with E-state index in [2.05, 4.69) is 26.1 Å². The number of fused-ring (bicyclic) bond motifs is 1. The molecule has 4 rings (SSSR count). The number of anilines is 1.